The molecule has 2 aromatic carbocycles. The van der Waals surface area contributed by atoms with Crippen LogP contribution >= 0.6 is 22.6 Å². The Bertz CT molecular complexity index is 759. The molecule has 6 heteroatoms. The SMILES string of the molecule is O=C(CNc1ccccc1I)Nc1cccc(C(=O)NC2CC2)c1. The van der Waals surface area contributed by atoms with Crippen molar-refractivity contribution in [3.05, 3.63) is 57.7 Å². The molecule has 1 fully saturated rings. The fraction of sp³-hybridized carbons (Fsp3) is 0.222. The summed E-state index contributed by atoms with van der Waals surface area (Å²) < 4.78 is 1.06. The van der Waals surface area contributed by atoms with Crippen LogP contribution in [0.1, 0.15) is 23.2 Å². The Morgan fingerprint density at radius 3 is 2.62 bits per heavy atom. The summed E-state index contributed by atoms with van der Waals surface area (Å²) in [7, 11) is 0. The third-order valence-electron chi connectivity index (χ3n) is 3.63. The molecule has 0 aliphatic heterocycles. The number of benzene rings is 2. The molecule has 1 aliphatic carbocycles. The first-order chi connectivity index (χ1) is 11.6. The summed E-state index contributed by atoms with van der Waals surface area (Å²) in [5.41, 5.74) is 2.10. The maximum absolute atomic E-state index is 12.1. The lowest BCUT2D eigenvalue weighted by Crippen LogP contribution is -2.26. The minimum atomic E-state index is -0.158. The highest BCUT2D eigenvalue weighted by molar-refractivity contribution is 14.1. The van der Waals surface area contributed by atoms with Gasteiger partial charge in [0.05, 0.1) is 6.54 Å². The van der Waals surface area contributed by atoms with Gasteiger partial charge in [0.1, 0.15) is 0 Å². The summed E-state index contributed by atoms with van der Waals surface area (Å²) in [6.07, 6.45) is 2.10. The Hall–Kier alpha value is -2.09. The molecule has 1 saturated carbocycles. The minimum absolute atomic E-state index is 0.0921. The van der Waals surface area contributed by atoms with Gasteiger partial charge in [-0.3, -0.25) is 9.59 Å². The highest BCUT2D eigenvalue weighted by atomic mass is 127. The van der Waals surface area contributed by atoms with Crippen molar-refractivity contribution in [2.24, 2.45) is 0 Å². The molecule has 0 bridgehead atoms. The van der Waals surface area contributed by atoms with Gasteiger partial charge < -0.3 is 16.0 Å². The molecule has 24 heavy (non-hydrogen) atoms. The molecular formula is C18H18IN3O2. The predicted molar refractivity (Wildman–Crippen MR) is 103 cm³/mol. The summed E-state index contributed by atoms with van der Waals surface area (Å²) >= 11 is 2.22. The van der Waals surface area contributed by atoms with Gasteiger partial charge in [0.25, 0.3) is 5.91 Å². The predicted octanol–water partition coefficient (Wildman–Crippen LogP) is 3.23. The number of carbonyl (C=O) groups is 2. The zero-order valence-corrected chi connectivity index (χ0v) is 15.2. The molecule has 2 aromatic rings. The second kappa shape index (κ2) is 7.65. The van der Waals surface area contributed by atoms with Gasteiger partial charge in [-0.2, -0.15) is 0 Å². The van der Waals surface area contributed by atoms with E-state index in [9.17, 15) is 9.59 Å². The van der Waals surface area contributed by atoms with Crippen molar-refractivity contribution in [1.29, 1.82) is 0 Å². The Morgan fingerprint density at radius 1 is 1.08 bits per heavy atom. The molecule has 0 spiro atoms. The summed E-state index contributed by atoms with van der Waals surface area (Å²) in [6, 6.07) is 15.1. The zero-order valence-electron chi connectivity index (χ0n) is 13.0. The van der Waals surface area contributed by atoms with Crippen molar-refractivity contribution >= 4 is 45.8 Å². The van der Waals surface area contributed by atoms with Gasteiger partial charge in [-0.05, 0) is 65.8 Å². The molecule has 5 nitrogen and oxygen atoms in total. The lowest BCUT2D eigenvalue weighted by molar-refractivity contribution is -0.114. The number of para-hydroxylation sites is 1. The van der Waals surface area contributed by atoms with E-state index >= 15 is 0 Å². The Kier molecular flexibility index (Phi) is 5.34. The van der Waals surface area contributed by atoms with Crippen molar-refractivity contribution in [2.75, 3.05) is 17.2 Å². The van der Waals surface area contributed by atoms with Gasteiger partial charge in [-0.15, -0.1) is 0 Å². The quantitative estimate of drug-likeness (QED) is 0.611. The lowest BCUT2D eigenvalue weighted by Gasteiger charge is -2.10. The van der Waals surface area contributed by atoms with E-state index in [-0.39, 0.29) is 18.4 Å². The molecule has 2 amide bonds. The van der Waals surface area contributed by atoms with Gasteiger partial charge in [-0.1, -0.05) is 18.2 Å². The van der Waals surface area contributed by atoms with Crippen LogP contribution in [0.3, 0.4) is 0 Å². The minimum Gasteiger partial charge on any atom is -0.375 e. The fourth-order valence-corrected chi connectivity index (χ4v) is 2.80. The summed E-state index contributed by atoms with van der Waals surface area (Å²) in [5.74, 6) is -0.250. The van der Waals surface area contributed by atoms with Crippen molar-refractivity contribution < 1.29 is 9.59 Å². The van der Waals surface area contributed by atoms with Crippen molar-refractivity contribution in [3.8, 4) is 0 Å². The Balaban J connectivity index is 1.56. The third kappa shape index (κ3) is 4.70. The maximum Gasteiger partial charge on any atom is 0.251 e. The van der Waals surface area contributed by atoms with Crippen LogP contribution in [-0.4, -0.2) is 24.4 Å². The van der Waals surface area contributed by atoms with Crippen LogP contribution in [0.2, 0.25) is 0 Å². The van der Waals surface area contributed by atoms with Crippen molar-refractivity contribution in [1.82, 2.24) is 5.32 Å². The van der Waals surface area contributed by atoms with E-state index in [4.69, 9.17) is 0 Å². The molecule has 0 radical (unpaired) electrons. The van der Waals surface area contributed by atoms with E-state index in [2.05, 4.69) is 38.5 Å². The van der Waals surface area contributed by atoms with Crippen LogP contribution < -0.4 is 16.0 Å². The molecule has 0 atom stereocenters. The Labute approximate surface area is 154 Å². The van der Waals surface area contributed by atoms with Crippen LogP contribution in [-0.2, 0) is 4.79 Å². The highest BCUT2D eigenvalue weighted by Gasteiger charge is 2.23. The first kappa shape index (κ1) is 16.8. The maximum atomic E-state index is 12.1. The van der Waals surface area contributed by atoms with Gasteiger partial charge in [0, 0.05) is 26.6 Å². The molecule has 0 unspecified atom stereocenters. The molecular weight excluding hydrogens is 417 g/mol. The van der Waals surface area contributed by atoms with Crippen LogP contribution in [0.4, 0.5) is 11.4 Å². The molecule has 3 rings (SSSR count). The number of hydrogen-bond acceptors (Lipinski definition) is 3. The number of nitrogens with one attached hydrogen (secondary N) is 3. The third-order valence-corrected chi connectivity index (χ3v) is 4.58. The number of rotatable bonds is 6. The first-order valence-electron chi connectivity index (χ1n) is 7.81. The summed E-state index contributed by atoms with van der Waals surface area (Å²) in [4.78, 5) is 24.1. The van der Waals surface area contributed by atoms with Gasteiger partial charge >= 0.3 is 0 Å². The van der Waals surface area contributed by atoms with Gasteiger partial charge in [0.2, 0.25) is 5.91 Å². The molecule has 3 N–H and O–H groups in total. The average molecular weight is 435 g/mol. The molecule has 0 saturated heterocycles. The first-order valence-corrected chi connectivity index (χ1v) is 8.89. The number of hydrogen-bond donors (Lipinski definition) is 3. The van der Waals surface area contributed by atoms with E-state index in [1.807, 2.05) is 24.3 Å². The highest BCUT2D eigenvalue weighted by Crippen LogP contribution is 2.20. The largest absolute Gasteiger partial charge is 0.375 e. The van der Waals surface area contributed by atoms with E-state index in [0.717, 1.165) is 22.1 Å². The van der Waals surface area contributed by atoms with E-state index < -0.39 is 0 Å². The standard InChI is InChI=1S/C18H18IN3O2/c19-15-6-1-2-7-16(15)20-11-17(23)21-14-5-3-4-12(10-14)18(24)22-13-8-9-13/h1-7,10,13,20H,8-9,11H2,(H,21,23)(H,22,24). The molecule has 0 aromatic heterocycles. The summed E-state index contributed by atoms with van der Waals surface area (Å²) in [6.45, 7) is 0.165. The van der Waals surface area contributed by atoms with E-state index in [1.54, 1.807) is 24.3 Å². The van der Waals surface area contributed by atoms with Crippen LogP contribution in [0, 0.1) is 3.57 Å². The molecule has 124 valence electrons. The van der Waals surface area contributed by atoms with E-state index in [1.165, 1.54) is 0 Å². The Morgan fingerprint density at radius 2 is 1.88 bits per heavy atom. The molecule has 0 heterocycles. The normalized spacial score (nSPS) is 13.2. The number of anilines is 2. The summed E-state index contributed by atoms with van der Waals surface area (Å²) in [5, 5.41) is 8.86. The van der Waals surface area contributed by atoms with Crippen LogP contribution in [0.5, 0.6) is 0 Å². The van der Waals surface area contributed by atoms with Crippen LogP contribution in [0.25, 0.3) is 0 Å². The van der Waals surface area contributed by atoms with Gasteiger partial charge in [-0.25, -0.2) is 0 Å². The monoisotopic (exact) mass is 435 g/mol. The smallest absolute Gasteiger partial charge is 0.251 e. The van der Waals surface area contributed by atoms with Crippen LogP contribution in [0.15, 0.2) is 48.5 Å². The molecule has 1 aliphatic rings. The fourth-order valence-electron chi connectivity index (χ4n) is 2.22. The number of amides is 2. The lowest BCUT2D eigenvalue weighted by atomic mass is 10.2. The zero-order chi connectivity index (χ0) is 16.9. The number of carbonyl (C=O) groups excluding carboxylic acids is 2. The number of halogens is 1. The topological polar surface area (TPSA) is 70.2 Å². The van der Waals surface area contributed by atoms with Crippen molar-refractivity contribution in [3.63, 3.8) is 0 Å². The van der Waals surface area contributed by atoms with E-state index in [0.29, 0.717) is 17.3 Å². The second-order valence-corrected chi connectivity index (χ2v) is 6.87. The van der Waals surface area contributed by atoms with Crippen molar-refractivity contribution in [2.45, 2.75) is 18.9 Å². The second-order valence-electron chi connectivity index (χ2n) is 5.71. The average Bonchev–Trinajstić information content (AvgIpc) is 3.38. The van der Waals surface area contributed by atoms with Gasteiger partial charge in [0.15, 0.2) is 0 Å².